The number of amides is 1. The number of hydrogen-bond acceptors (Lipinski definition) is 11. The predicted octanol–water partition coefficient (Wildman–Crippen LogP) is -3.23. The SMILES string of the molecule is CC(C)(CO)[C@H](O)C(=O)NCCc1cn(C[C@H]2O[C@@H](n3ccc(N)nc3=O)[C@H](O)[C@@H]2O)nn1. The Labute approximate surface area is 188 Å². The van der Waals surface area contributed by atoms with Crippen molar-refractivity contribution in [1.82, 2.24) is 29.9 Å². The van der Waals surface area contributed by atoms with Crippen LogP contribution < -0.4 is 16.7 Å². The van der Waals surface area contributed by atoms with Gasteiger partial charge < -0.3 is 36.2 Å². The number of nitrogens with two attached hydrogens (primary N) is 1. The molecule has 2 aromatic heterocycles. The van der Waals surface area contributed by atoms with Gasteiger partial charge in [-0.3, -0.25) is 9.36 Å². The van der Waals surface area contributed by atoms with Crippen molar-refractivity contribution >= 4 is 11.7 Å². The lowest BCUT2D eigenvalue weighted by Gasteiger charge is -2.27. The Kier molecular flexibility index (Phi) is 7.44. The number of carbonyl (C=O) groups is 1. The molecule has 0 unspecified atom stereocenters. The summed E-state index contributed by atoms with van der Waals surface area (Å²) in [5.74, 6) is -0.574. The Bertz CT molecular complexity index is 1020. The molecule has 33 heavy (non-hydrogen) atoms. The van der Waals surface area contributed by atoms with Gasteiger partial charge in [-0.05, 0) is 6.07 Å². The summed E-state index contributed by atoms with van der Waals surface area (Å²) in [7, 11) is 0. The van der Waals surface area contributed by atoms with Gasteiger partial charge >= 0.3 is 5.69 Å². The highest BCUT2D eigenvalue weighted by atomic mass is 16.6. The normalized spacial score (nSPS) is 24.1. The van der Waals surface area contributed by atoms with Crippen molar-refractivity contribution in [2.45, 2.75) is 57.5 Å². The summed E-state index contributed by atoms with van der Waals surface area (Å²) in [4.78, 5) is 27.6. The van der Waals surface area contributed by atoms with E-state index < -0.39 is 47.7 Å². The highest BCUT2D eigenvalue weighted by molar-refractivity contribution is 5.81. The summed E-state index contributed by atoms with van der Waals surface area (Å²) in [6, 6.07) is 1.38. The third kappa shape index (κ3) is 5.54. The zero-order valence-corrected chi connectivity index (χ0v) is 18.3. The van der Waals surface area contributed by atoms with E-state index in [4.69, 9.17) is 10.5 Å². The van der Waals surface area contributed by atoms with Gasteiger partial charge in [-0.15, -0.1) is 5.10 Å². The minimum Gasteiger partial charge on any atom is -0.396 e. The van der Waals surface area contributed by atoms with E-state index in [1.165, 1.54) is 16.9 Å². The van der Waals surface area contributed by atoms with Gasteiger partial charge in [0.15, 0.2) is 6.23 Å². The molecule has 14 nitrogen and oxygen atoms in total. The Morgan fingerprint density at radius 2 is 2.09 bits per heavy atom. The van der Waals surface area contributed by atoms with Crippen LogP contribution in [0.5, 0.6) is 0 Å². The fourth-order valence-corrected chi connectivity index (χ4v) is 3.31. The Hall–Kier alpha value is -2.91. The maximum atomic E-state index is 12.0. The lowest BCUT2D eigenvalue weighted by atomic mass is 9.87. The van der Waals surface area contributed by atoms with Crippen LogP contribution in [0.2, 0.25) is 0 Å². The standard InChI is InChI=1S/C19H29N7O7/c1-19(2,9-27)15(30)16(31)21-5-3-10-7-25(24-23-10)8-11-13(28)14(29)17(33-11)26-6-4-12(20)22-18(26)32/h4,6-7,11,13-15,17,27-30H,3,5,8-9H2,1-2H3,(H,21,31)(H2,20,22,32)/t11-,13-,14-,15-,17-/m1/s1. The van der Waals surface area contributed by atoms with Gasteiger partial charge in [-0.1, -0.05) is 19.1 Å². The van der Waals surface area contributed by atoms with Gasteiger partial charge in [-0.2, -0.15) is 4.98 Å². The third-order valence-electron chi connectivity index (χ3n) is 5.49. The van der Waals surface area contributed by atoms with Gasteiger partial charge in [0.05, 0.1) is 18.8 Å². The van der Waals surface area contributed by atoms with E-state index in [0.717, 1.165) is 4.57 Å². The molecule has 1 aliphatic rings. The van der Waals surface area contributed by atoms with Gasteiger partial charge in [0.1, 0.15) is 30.2 Å². The van der Waals surface area contributed by atoms with E-state index in [1.54, 1.807) is 20.0 Å². The number of ether oxygens (including phenoxy) is 1. The molecule has 3 rings (SSSR count). The molecule has 2 aromatic rings. The average molecular weight is 467 g/mol. The maximum absolute atomic E-state index is 12.0. The van der Waals surface area contributed by atoms with Crippen LogP contribution in [-0.4, -0.2) is 88.4 Å². The lowest BCUT2D eigenvalue weighted by Crippen LogP contribution is -2.46. The van der Waals surface area contributed by atoms with E-state index >= 15 is 0 Å². The number of aliphatic hydroxyl groups is 4. The smallest absolute Gasteiger partial charge is 0.351 e. The van der Waals surface area contributed by atoms with Crippen LogP contribution in [0.15, 0.2) is 23.3 Å². The Morgan fingerprint density at radius 1 is 1.36 bits per heavy atom. The van der Waals surface area contributed by atoms with Crippen LogP contribution in [0.1, 0.15) is 25.8 Å². The van der Waals surface area contributed by atoms with Crippen molar-refractivity contribution in [3.63, 3.8) is 0 Å². The van der Waals surface area contributed by atoms with Crippen LogP contribution in [0.3, 0.4) is 0 Å². The first-order valence-electron chi connectivity index (χ1n) is 10.4. The number of nitrogens with zero attached hydrogens (tertiary/aromatic N) is 5. The van der Waals surface area contributed by atoms with Crippen LogP contribution >= 0.6 is 0 Å². The second-order valence-electron chi connectivity index (χ2n) is 8.61. The lowest BCUT2D eigenvalue weighted by molar-refractivity contribution is -0.137. The van der Waals surface area contributed by atoms with Crippen LogP contribution in [0, 0.1) is 5.41 Å². The molecular formula is C19H29N7O7. The van der Waals surface area contributed by atoms with Crippen LogP contribution in [0.25, 0.3) is 0 Å². The molecule has 0 saturated carbocycles. The fraction of sp³-hybridized carbons (Fsp3) is 0.632. The van der Waals surface area contributed by atoms with Gasteiger partial charge in [0.2, 0.25) is 5.91 Å². The third-order valence-corrected chi connectivity index (χ3v) is 5.49. The Morgan fingerprint density at radius 3 is 2.76 bits per heavy atom. The number of aromatic nitrogens is 5. The van der Waals surface area contributed by atoms with Crippen molar-refractivity contribution in [2.24, 2.45) is 5.41 Å². The number of carbonyl (C=O) groups excluding carboxylic acids is 1. The zero-order valence-electron chi connectivity index (χ0n) is 18.3. The van der Waals surface area contributed by atoms with Crippen molar-refractivity contribution < 1.29 is 30.0 Å². The molecule has 1 aliphatic heterocycles. The van der Waals surface area contributed by atoms with Gasteiger partial charge in [0, 0.05) is 30.8 Å². The first kappa shape index (κ1) is 24.7. The molecular weight excluding hydrogens is 438 g/mol. The molecule has 1 saturated heterocycles. The molecule has 3 heterocycles. The largest absolute Gasteiger partial charge is 0.396 e. The molecule has 0 radical (unpaired) electrons. The number of rotatable bonds is 9. The average Bonchev–Trinajstić information content (AvgIpc) is 3.33. The summed E-state index contributed by atoms with van der Waals surface area (Å²) in [6.45, 7) is 3.04. The quantitative estimate of drug-likeness (QED) is 0.216. The first-order chi connectivity index (χ1) is 15.5. The summed E-state index contributed by atoms with van der Waals surface area (Å²) in [5, 5.41) is 50.5. The number of anilines is 1. The summed E-state index contributed by atoms with van der Waals surface area (Å²) in [5.41, 5.74) is 4.32. The number of aliphatic hydroxyl groups excluding tert-OH is 4. The second kappa shape index (κ2) is 9.93. The number of nitrogen functional groups attached to an aromatic ring is 1. The number of nitrogens with one attached hydrogen (secondary N) is 1. The monoisotopic (exact) mass is 467 g/mol. The van der Waals surface area contributed by atoms with E-state index in [9.17, 15) is 30.0 Å². The molecule has 1 fully saturated rings. The van der Waals surface area contributed by atoms with Crippen molar-refractivity contribution in [1.29, 1.82) is 0 Å². The number of hydrogen-bond donors (Lipinski definition) is 6. The topological polar surface area (TPSA) is 211 Å². The molecule has 5 atom stereocenters. The molecule has 0 aromatic carbocycles. The summed E-state index contributed by atoms with van der Waals surface area (Å²) >= 11 is 0. The van der Waals surface area contributed by atoms with Gasteiger partial charge in [0.25, 0.3) is 0 Å². The minimum absolute atomic E-state index is 0.0267. The fourth-order valence-electron chi connectivity index (χ4n) is 3.31. The Balaban J connectivity index is 1.55. The molecule has 1 amide bonds. The molecule has 182 valence electrons. The predicted molar refractivity (Wildman–Crippen MR) is 112 cm³/mol. The zero-order chi connectivity index (χ0) is 24.3. The summed E-state index contributed by atoms with van der Waals surface area (Å²) < 4.78 is 8.13. The minimum atomic E-state index is -1.37. The maximum Gasteiger partial charge on any atom is 0.351 e. The van der Waals surface area contributed by atoms with E-state index in [0.29, 0.717) is 12.1 Å². The van der Waals surface area contributed by atoms with E-state index in [-0.39, 0.29) is 25.5 Å². The van der Waals surface area contributed by atoms with Gasteiger partial charge in [-0.25, -0.2) is 9.48 Å². The van der Waals surface area contributed by atoms with E-state index in [2.05, 4.69) is 20.6 Å². The second-order valence-corrected chi connectivity index (χ2v) is 8.61. The molecule has 14 heteroatoms. The van der Waals surface area contributed by atoms with Crippen LogP contribution in [-0.2, 0) is 22.5 Å². The first-order valence-corrected chi connectivity index (χ1v) is 10.4. The highest BCUT2D eigenvalue weighted by Gasteiger charge is 2.44. The van der Waals surface area contributed by atoms with Crippen molar-refractivity contribution in [3.8, 4) is 0 Å². The van der Waals surface area contributed by atoms with Crippen molar-refractivity contribution in [2.75, 3.05) is 18.9 Å². The van der Waals surface area contributed by atoms with Crippen molar-refractivity contribution in [3.05, 3.63) is 34.6 Å². The highest BCUT2D eigenvalue weighted by Crippen LogP contribution is 2.29. The van der Waals surface area contributed by atoms with E-state index in [1.807, 2.05) is 0 Å². The molecule has 0 spiro atoms. The molecule has 7 N–H and O–H groups in total. The molecule has 0 bridgehead atoms. The van der Waals surface area contributed by atoms with Crippen LogP contribution in [0.4, 0.5) is 5.82 Å². The molecule has 0 aliphatic carbocycles. The summed E-state index contributed by atoms with van der Waals surface area (Å²) in [6.07, 6.45) is -2.79.